The molecular formula is C27H23ClF2N2O2S. The Balaban J connectivity index is 1.56. The lowest BCUT2D eigenvalue weighted by molar-refractivity contribution is 0.0678. The van der Waals surface area contributed by atoms with Crippen molar-refractivity contribution in [1.82, 2.24) is 9.55 Å². The molecule has 4 aromatic rings. The molecule has 1 aliphatic heterocycles. The topological polar surface area (TPSA) is 36.3 Å². The van der Waals surface area contributed by atoms with Crippen LogP contribution in [0.25, 0.3) is 5.69 Å². The minimum Gasteiger partial charge on any atom is -0.451 e. The lowest BCUT2D eigenvalue weighted by Crippen LogP contribution is -2.23. The van der Waals surface area contributed by atoms with Crippen LogP contribution in [0.1, 0.15) is 37.6 Å². The SMILES string of the molecule is CC1Oc2ccc(C(C)(C)c3cnc(SCc4cc(F)ccc4Cl)n3-c3ccc(F)cc3)cc2O1. The molecular weight excluding hydrogens is 490 g/mol. The molecule has 1 aromatic heterocycles. The van der Waals surface area contributed by atoms with E-state index in [9.17, 15) is 8.78 Å². The molecule has 0 saturated heterocycles. The fourth-order valence-electron chi connectivity index (χ4n) is 4.13. The highest BCUT2D eigenvalue weighted by Gasteiger charge is 2.32. The zero-order valence-corrected chi connectivity index (χ0v) is 21.0. The fourth-order valence-corrected chi connectivity index (χ4v) is 5.38. The Hall–Kier alpha value is -3.03. The van der Waals surface area contributed by atoms with Crippen LogP contribution in [0.5, 0.6) is 11.5 Å². The number of rotatable bonds is 6. The maximum Gasteiger partial charge on any atom is 0.238 e. The van der Waals surface area contributed by atoms with Gasteiger partial charge in [0.05, 0.1) is 11.9 Å². The van der Waals surface area contributed by atoms with Gasteiger partial charge in [-0.15, -0.1) is 0 Å². The first-order chi connectivity index (χ1) is 16.7. The molecule has 0 bridgehead atoms. The Morgan fingerprint density at radius 1 is 0.971 bits per heavy atom. The summed E-state index contributed by atoms with van der Waals surface area (Å²) in [4.78, 5) is 4.70. The average molecular weight is 513 g/mol. The summed E-state index contributed by atoms with van der Waals surface area (Å²) in [6, 6.07) is 16.5. The number of fused-ring (bicyclic) bond motifs is 1. The second kappa shape index (κ2) is 9.21. The number of benzene rings is 3. The van der Waals surface area contributed by atoms with E-state index in [-0.39, 0.29) is 17.9 Å². The number of hydrogen-bond acceptors (Lipinski definition) is 4. The van der Waals surface area contributed by atoms with Crippen LogP contribution in [-0.2, 0) is 11.2 Å². The van der Waals surface area contributed by atoms with Crippen molar-refractivity contribution < 1.29 is 18.3 Å². The van der Waals surface area contributed by atoms with Crippen molar-refractivity contribution in [2.24, 2.45) is 0 Å². The Kier molecular flexibility index (Phi) is 6.23. The molecule has 0 spiro atoms. The predicted molar refractivity (Wildman–Crippen MR) is 134 cm³/mol. The van der Waals surface area contributed by atoms with E-state index in [4.69, 9.17) is 26.1 Å². The van der Waals surface area contributed by atoms with Gasteiger partial charge in [-0.2, -0.15) is 0 Å². The van der Waals surface area contributed by atoms with Crippen molar-refractivity contribution in [1.29, 1.82) is 0 Å². The maximum atomic E-state index is 13.8. The zero-order chi connectivity index (χ0) is 24.7. The van der Waals surface area contributed by atoms with Crippen LogP contribution in [0, 0.1) is 11.6 Å². The molecule has 1 unspecified atom stereocenters. The molecule has 1 atom stereocenters. The summed E-state index contributed by atoms with van der Waals surface area (Å²) in [7, 11) is 0. The number of nitrogens with zero attached hydrogens (tertiary/aromatic N) is 2. The molecule has 0 radical (unpaired) electrons. The van der Waals surface area contributed by atoms with Crippen LogP contribution in [0.4, 0.5) is 8.78 Å². The summed E-state index contributed by atoms with van der Waals surface area (Å²) in [5.41, 5.74) is 2.89. The van der Waals surface area contributed by atoms with Crippen LogP contribution in [0.3, 0.4) is 0 Å². The Labute approximate surface area is 211 Å². The van der Waals surface area contributed by atoms with E-state index in [2.05, 4.69) is 13.8 Å². The summed E-state index contributed by atoms with van der Waals surface area (Å²) in [6.07, 6.45) is 1.50. The third-order valence-electron chi connectivity index (χ3n) is 6.07. The summed E-state index contributed by atoms with van der Waals surface area (Å²) in [5, 5.41) is 1.18. The molecule has 5 rings (SSSR count). The molecule has 35 heavy (non-hydrogen) atoms. The van der Waals surface area contributed by atoms with Crippen molar-refractivity contribution in [3.63, 3.8) is 0 Å². The minimum atomic E-state index is -0.485. The van der Waals surface area contributed by atoms with Crippen molar-refractivity contribution in [2.45, 2.75) is 43.4 Å². The lowest BCUT2D eigenvalue weighted by atomic mass is 9.81. The van der Waals surface area contributed by atoms with Gasteiger partial charge < -0.3 is 9.47 Å². The van der Waals surface area contributed by atoms with Crippen LogP contribution < -0.4 is 9.47 Å². The fraction of sp³-hybridized carbons (Fsp3) is 0.222. The smallest absolute Gasteiger partial charge is 0.238 e. The normalized spacial score (nSPS) is 15.0. The molecule has 0 fully saturated rings. The summed E-state index contributed by atoms with van der Waals surface area (Å²) in [5.74, 6) is 1.18. The monoisotopic (exact) mass is 512 g/mol. The second-order valence-corrected chi connectivity index (χ2v) is 10.2. The molecule has 8 heteroatoms. The van der Waals surface area contributed by atoms with E-state index >= 15 is 0 Å². The Morgan fingerprint density at radius 2 is 1.69 bits per heavy atom. The molecule has 0 amide bonds. The molecule has 1 aliphatic rings. The van der Waals surface area contributed by atoms with Gasteiger partial charge in [0.25, 0.3) is 0 Å². The summed E-state index contributed by atoms with van der Waals surface area (Å²) < 4.78 is 41.0. The van der Waals surface area contributed by atoms with E-state index in [1.165, 1.54) is 36.0 Å². The van der Waals surface area contributed by atoms with Crippen LogP contribution in [0.15, 0.2) is 72.0 Å². The van der Waals surface area contributed by atoms with Gasteiger partial charge in [-0.1, -0.05) is 43.3 Å². The highest BCUT2D eigenvalue weighted by atomic mass is 35.5. The number of hydrogen-bond donors (Lipinski definition) is 0. The molecule has 0 N–H and O–H groups in total. The standard InChI is InChI=1S/C27H23ClF2N2O2S/c1-16-33-23-11-4-18(13-24(23)34-16)27(2,3)25-14-31-26(32(25)21-8-5-19(29)6-9-21)35-15-17-12-20(30)7-10-22(17)28/h4-14,16H,15H2,1-3H3. The Bertz CT molecular complexity index is 1390. The average Bonchev–Trinajstić information content (AvgIpc) is 3.42. The third kappa shape index (κ3) is 4.62. The molecule has 2 heterocycles. The number of imidazole rings is 1. The zero-order valence-electron chi connectivity index (χ0n) is 19.4. The molecule has 180 valence electrons. The Morgan fingerprint density at radius 3 is 2.46 bits per heavy atom. The molecule has 0 saturated carbocycles. The van der Waals surface area contributed by atoms with Gasteiger partial charge in [0.15, 0.2) is 16.7 Å². The van der Waals surface area contributed by atoms with Crippen LogP contribution >= 0.6 is 23.4 Å². The first-order valence-corrected chi connectivity index (χ1v) is 12.5. The summed E-state index contributed by atoms with van der Waals surface area (Å²) in [6.45, 7) is 6.05. The van der Waals surface area contributed by atoms with Gasteiger partial charge in [-0.25, -0.2) is 13.8 Å². The molecule has 3 aromatic carbocycles. The van der Waals surface area contributed by atoms with Crippen LogP contribution in [-0.4, -0.2) is 15.8 Å². The van der Waals surface area contributed by atoms with Gasteiger partial charge in [0.2, 0.25) is 6.29 Å². The van der Waals surface area contributed by atoms with E-state index in [0.717, 1.165) is 16.9 Å². The van der Waals surface area contributed by atoms with E-state index in [0.29, 0.717) is 33.0 Å². The first kappa shape index (κ1) is 23.7. The summed E-state index contributed by atoms with van der Waals surface area (Å²) >= 11 is 7.72. The lowest BCUT2D eigenvalue weighted by Gasteiger charge is -2.27. The highest BCUT2D eigenvalue weighted by molar-refractivity contribution is 7.98. The van der Waals surface area contributed by atoms with Crippen molar-refractivity contribution >= 4 is 23.4 Å². The minimum absolute atomic E-state index is 0.319. The van der Waals surface area contributed by atoms with Crippen molar-refractivity contribution in [2.75, 3.05) is 0 Å². The van der Waals surface area contributed by atoms with E-state index < -0.39 is 5.41 Å². The van der Waals surface area contributed by atoms with Crippen molar-refractivity contribution in [3.05, 3.63) is 100 Å². The number of ether oxygens (including phenoxy) is 2. The maximum absolute atomic E-state index is 13.8. The predicted octanol–water partition coefficient (Wildman–Crippen LogP) is 7.54. The number of thioether (sulfide) groups is 1. The third-order valence-corrected chi connectivity index (χ3v) is 7.44. The van der Waals surface area contributed by atoms with E-state index in [1.807, 2.05) is 35.9 Å². The van der Waals surface area contributed by atoms with Gasteiger partial charge >= 0.3 is 0 Å². The molecule has 0 aliphatic carbocycles. The quantitative estimate of drug-likeness (QED) is 0.250. The van der Waals surface area contributed by atoms with Crippen molar-refractivity contribution in [3.8, 4) is 17.2 Å². The van der Waals surface area contributed by atoms with Gasteiger partial charge in [0.1, 0.15) is 11.6 Å². The molecule has 4 nitrogen and oxygen atoms in total. The number of aromatic nitrogens is 2. The van der Waals surface area contributed by atoms with Gasteiger partial charge in [0, 0.05) is 28.8 Å². The first-order valence-electron chi connectivity index (χ1n) is 11.1. The van der Waals surface area contributed by atoms with E-state index in [1.54, 1.807) is 18.2 Å². The van der Waals surface area contributed by atoms with Gasteiger partial charge in [-0.05, 0) is 65.7 Å². The van der Waals surface area contributed by atoms with Gasteiger partial charge in [-0.3, -0.25) is 4.57 Å². The number of halogens is 3. The largest absolute Gasteiger partial charge is 0.451 e. The van der Waals surface area contributed by atoms with Crippen LogP contribution in [0.2, 0.25) is 5.02 Å². The highest BCUT2D eigenvalue weighted by Crippen LogP contribution is 2.42. The second-order valence-electron chi connectivity index (χ2n) is 8.85.